The second-order valence-corrected chi connectivity index (χ2v) is 7.48. The molecule has 2 aromatic carbocycles. The van der Waals surface area contributed by atoms with Gasteiger partial charge in [0.1, 0.15) is 5.75 Å². The molecule has 2 rings (SSSR count). The van der Waals surface area contributed by atoms with Crippen LogP contribution in [0.5, 0.6) is 5.75 Å². The van der Waals surface area contributed by atoms with Crippen LogP contribution in [0.25, 0.3) is 0 Å². The Labute approximate surface area is 153 Å². The van der Waals surface area contributed by atoms with Crippen molar-refractivity contribution in [3.8, 4) is 5.75 Å². The van der Waals surface area contributed by atoms with Crippen molar-refractivity contribution in [2.24, 2.45) is 5.14 Å². The highest BCUT2D eigenvalue weighted by Crippen LogP contribution is 2.23. The predicted molar refractivity (Wildman–Crippen MR) is 100 cm³/mol. The van der Waals surface area contributed by atoms with Crippen LogP contribution in [0.15, 0.2) is 53.4 Å². The maximum atomic E-state index is 12.4. The van der Waals surface area contributed by atoms with E-state index < -0.39 is 16.1 Å². The molecule has 0 unspecified atom stereocenters. The van der Waals surface area contributed by atoms with E-state index in [4.69, 9.17) is 9.88 Å². The van der Waals surface area contributed by atoms with Crippen LogP contribution >= 0.6 is 0 Å². The first kappa shape index (κ1) is 19.9. The summed E-state index contributed by atoms with van der Waals surface area (Å²) in [6, 6.07) is 12.8. The number of sulfonamides is 1. The minimum absolute atomic E-state index is 0.0513. The lowest BCUT2D eigenvalue weighted by Gasteiger charge is -2.20. The number of benzene rings is 2. The van der Waals surface area contributed by atoms with Crippen LogP contribution < -0.4 is 20.5 Å². The summed E-state index contributed by atoms with van der Waals surface area (Å²) < 4.78 is 27.8. The Hall–Kier alpha value is -2.42. The highest BCUT2D eigenvalue weighted by atomic mass is 32.2. The molecule has 0 radical (unpaired) electrons. The van der Waals surface area contributed by atoms with E-state index in [2.05, 4.69) is 10.6 Å². The molecule has 0 aliphatic carbocycles. The number of hydrogen-bond donors (Lipinski definition) is 3. The van der Waals surface area contributed by atoms with Crippen LogP contribution in [0, 0.1) is 0 Å². The molecule has 26 heavy (non-hydrogen) atoms. The second-order valence-electron chi connectivity index (χ2n) is 5.91. The monoisotopic (exact) mass is 377 g/mol. The molecule has 0 aliphatic rings. The molecule has 0 heterocycles. The topological polar surface area (TPSA) is 111 Å². The highest BCUT2D eigenvalue weighted by molar-refractivity contribution is 7.89. The quantitative estimate of drug-likeness (QED) is 0.684. The van der Waals surface area contributed by atoms with Crippen molar-refractivity contribution in [3.05, 3.63) is 54.1 Å². The van der Waals surface area contributed by atoms with Crippen LogP contribution in [-0.4, -0.2) is 27.5 Å². The molecule has 0 bridgehead atoms. The number of carbonyl (C=O) groups is 1. The van der Waals surface area contributed by atoms with Crippen LogP contribution in [0.3, 0.4) is 0 Å². The first-order chi connectivity index (χ1) is 12.2. The molecule has 0 saturated carbocycles. The molecular weight excluding hydrogens is 354 g/mol. The third-order valence-electron chi connectivity index (χ3n) is 3.97. The Morgan fingerprint density at radius 1 is 1.08 bits per heavy atom. The van der Waals surface area contributed by atoms with E-state index in [1.54, 1.807) is 38.3 Å². The fourth-order valence-corrected chi connectivity index (χ4v) is 3.00. The smallest absolute Gasteiger partial charge is 0.241 e. The van der Waals surface area contributed by atoms with Crippen LogP contribution in [0.4, 0.5) is 5.69 Å². The van der Waals surface area contributed by atoms with Crippen molar-refractivity contribution >= 4 is 21.6 Å². The number of methoxy groups -OCH3 is 1. The summed E-state index contributed by atoms with van der Waals surface area (Å²) in [5.41, 5.74) is 1.44. The van der Waals surface area contributed by atoms with Gasteiger partial charge in [0.05, 0.1) is 23.7 Å². The van der Waals surface area contributed by atoms with Gasteiger partial charge in [-0.05, 0) is 43.7 Å². The molecule has 1 amide bonds. The number of amides is 1. The van der Waals surface area contributed by atoms with Gasteiger partial charge in [-0.3, -0.25) is 10.1 Å². The van der Waals surface area contributed by atoms with Gasteiger partial charge < -0.3 is 10.1 Å². The molecule has 0 aliphatic heterocycles. The van der Waals surface area contributed by atoms with Crippen molar-refractivity contribution in [2.75, 3.05) is 12.4 Å². The lowest BCUT2D eigenvalue weighted by atomic mass is 10.1. The van der Waals surface area contributed by atoms with Crippen molar-refractivity contribution in [1.82, 2.24) is 5.32 Å². The summed E-state index contributed by atoms with van der Waals surface area (Å²) in [4.78, 5) is 12.5. The summed E-state index contributed by atoms with van der Waals surface area (Å²) in [6.07, 6.45) is 0. The van der Waals surface area contributed by atoms with Gasteiger partial charge in [-0.2, -0.15) is 0 Å². The third-order valence-corrected chi connectivity index (χ3v) is 4.90. The fourth-order valence-electron chi connectivity index (χ4n) is 2.48. The van der Waals surface area contributed by atoms with Crippen molar-refractivity contribution in [2.45, 2.75) is 30.8 Å². The molecule has 2 atom stereocenters. The third kappa shape index (κ3) is 5.04. The Morgan fingerprint density at radius 2 is 1.69 bits per heavy atom. The predicted octanol–water partition coefficient (Wildman–Crippen LogP) is 2.02. The number of hydrogen-bond acceptors (Lipinski definition) is 5. The maximum Gasteiger partial charge on any atom is 0.241 e. The van der Waals surface area contributed by atoms with Gasteiger partial charge in [-0.25, -0.2) is 13.6 Å². The summed E-state index contributed by atoms with van der Waals surface area (Å²) in [5.74, 6) is 0.377. The van der Waals surface area contributed by atoms with E-state index in [0.29, 0.717) is 11.4 Å². The fraction of sp³-hybridized carbons (Fsp3) is 0.278. The first-order valence-corrected chi connectivity index (χ1v) is 9.59. The van der Waals surface area contributed by atoms with E-state index in [-0.39, 0.29) is 16.8 Å². The van der Waals surface area contributed by atoms with Crippen molar-refractivity contribution in [3.63, 3.8) is 0 Å². The zero-order valence-corrected chi connectivity index (χ0v) is 15.7. The Kier molecular flexibility index (Phi) is 6.36. The minimum atomic E-state index is -3.72. The number of carbonyl (C=O) groups excluding carboxylic acids is 1. The number of primary sulfonamides is 1. The van der Waals surface area contributed by atoms with E-state index in [9.17, 15) is 13.2 Å². The second kappa shape index (κ2) is 8.31. The van der Waals surface area contributed by atoms with E-state index in [1.165, 1.54) is 12.1 Å². The maximum absolute atomic E-state index is 12.4. The van der Waals surface area contributed by atoms with Crippen LogP contribution in [-0.2, 0) is 14.8 Å². The van der Waals surface area contributed by atoms with Crippen molar-refractivity contribution < 1.29 is 17.9 Å². The summed E-state index contributed by atoms with van der Waals surface area (Å²) in [7, 11) is -2.18. The Morgan fingerprint density at radius 3 is 2.27 bits per heavy atom. The van der Waals surface area contributed by atoms with Gasteiger partial charge in [-0.15, -0.1) is 0 Å². The molecule has 8 heteroatoms. The van der Waals surface area contributed by atoms with Gasteiger partial charge in [0.25, 0.3) is 0 Å². The number of ether oxygens (including phenoxy) is 1. The lowest BCUT2D eigenvalue weighted by molar-refractivity contribution is -0.118. The SMILES string of the molecule is COc1ccccc1NC(=O)[C@H](C)N[C@@H](C)c1ccc(S(N)(=O)=O)cc1. The number of nitrogens with one attached hydrogen (secondary N) is 2. The molecule has 2 aromatic rings. The largest absolute Gasteiger partial charge is 0.495 e. The van der Waals surface area contributed by atoms with Crippen molar-refractivity contribution in [1.29, 1.82) is 0 Å². The molecule has 0 spiro atoms. The zero-order valence-electron chi connectivity index (χ0n) is 14.9. The number of anilines is 1. The Bertz CT molecular complexity index is 866. The highest BCUT2D eigenvalue weighted by Gasteiger charge is 2.18. The minimum Gasteiger partial charge on any atom is -0.495 e. The summed E-state index contributed by atoms with van der Waals surface area (Å²) in [6.45, 7) is 3.64. The van der Waals surface area contributed by atoms with Gasteiger partial charge in [-0.1, -0.05) is 24.3 Å². The van der Waals surface area contributed by atoms with Crippen LogP contribution in [0.2, 0.25) is 0 Å². The van der Waals surface area contributed by atoms with Gasteiger partial charge in [0.2, 0.25) is 15.9 Å². The van der Waals surface area contributed by atoms with Crippen LogP contribution in [0.1, 0.15) is 25.5 Å². The van der Waals surface area contributed by atoms with E-state index >= 15 is 0 Å². The number of rotatable bonds is 7. The molecular formula is C18H23N3O4S. The molecule has 7 nitrogen and oxygen atoms in total. The number of nitrogens with two attached hydrogens (primary N) is 1. The van der Waals surface area contributed by atoms with E-state index in [0.717, 1.165) is 5.56 Å². The van der Waals surface area contributed by atoms with E-state index in [1.807, 2.05) is 19.1 Å². The molecule has 0 fully saturated rings. The molecule has 0 saturated heterocycles. The zero-order chi connectivity index (χ0) is 19.3. The van der Waals surface area contributed by atoms with Gasteiger partial charge in [0.15, 0.2) is 0 Å². The van der Waals surface area contributed by atoms with Gasteiger partial charge in [0, 0.05) is 6.04 Å². The summed E-state index contributed by atoms with van der Waals surface area (Å²) >= 11 is 0. The summed E-state index contributed by atoms with van der Waals surface area (Å²) in [5, 5.41) is 11.1. The lowest BCUT2D eigenvalue weighted by Crippen LogP contribution is -2.39. The standard InChI is InChI=1S/C18H23N3O4S/c1-12(14-8-10-15(11-9-14)26(19,23)24)20-13(2)18(22)21-16-6-4-5-7-17(16)25-3/h4-13,20H,1-3H3,(H,21,22)(H2,19,23,24)/t12-,13-/m0/s1. The van der Waals surface area contributed by atoms with Gasteiger partial charge >= 0.3 is 0 Å². The average molecular weight is 377 g/mol. The number of para-hydroxylation sites is 2. The molecule has 0 aromatic heterocycles. The Balaban J connectivity index is 2.01. The molecule has 4 N–H and O–H groups in total. The normalized spacial score (nSPS) is 13.7. The first-order valence-electron chi connectivity index (χ1n) is 8.05. The average Bonchev–Trinajstić information content (AvgIpc) is 2.61. The molecule has 140 valence electrons.